The van der Waals surface area contributed by atoms with Crippen LogP contribution in [-0.4, -0.2) is 0 Å². The van der Waals surface area contributed by atoms with Gasteiger partial charge in [0.2, 0.25) is 0 Å². The Labute approximate surface area is 69.3 Å². The van der Waals surface area contributed by atoms with Crippen LogP contribution in [0, 0.1) is 11.8 Å². The Morgan fingerprint density at radius 1 is 1.27 bits per heavy atom. The lowest BCUT2D eigenvalue weighted by molar-refractivity contribution is 0.465. The van der Waals surface area contributed by atoms with Crippen molar-refractivity contribution in [3.8, 4) is 0 Å². The van der Waals surface area contributed by atoms with Crippen LogP contribution in [0.15, 0.2) is 37.0 Å². The maximum absolute atomic E-state index is 3.85. The van der Waals surface area contributed by atoms with Crippen molar-refractivity contribution in [1.82, 2.24) is 0 Å². The SMILES string of the molecule is C=CC1CC=CCC1C=CC. The molecule has 0 aromatic carbocycles. The van der Waals surface area contributed by atoms with E-state index < -0.39 is 0 Å². The van der Waals surface area contributed by atoms with Gasteiger partial charge in [0.05, 0.1) is 0 Å². The van der Waals surface area contributed by atoms with Gasteiger partial charge in [0, 0.05) is 0 Å². The molecule has 0 amide bonds. The smallest absolute Gasteiger partial charge is 0.0133 e. The normalized spacial score (nSPS) is 31.0. The first-order chi connectivity index (χ1) is 5.38. The summed E-state index contributed by atoms with van der Waals surface area (Å²) in [4.78, 5) is 0. The van der Waals surface area contributed by atoms with Crippen molar-refractivity contribution < 1.29 is 0 Å². The summed E-state index contributed by atoms with van der Waals surface area (Å²) in [6.07, 6.45) is 13.4. The highest BCUT2D eigenvalue weighted by atomic mass is 14.2. The molecule has 0 N–H and O–H groups in total. The third kappa shape index (κ3) is 2.07. The Kier molecular flexibility index (Phi) is 3.15. The molecule has 0 aliphatic heterocycles. The topological polar surface area (TPSA) is 0 Å². The number of hydrogen-bond acceptors (Lipinski definition) is 0. The first kappa shape index (κ1) is 8.32. The molecule has 1 rings (SSSR count). The van der Waals surface area contributed by atoms with E-state index in [-0.39, 0.29) is 0 Å². The summed E-state index contributed by atoms with van der Waals surface area (Å²) < 4.78 is 0. The average molecular weight is 148 g/mol. The fourth-order valence-electron chi connectivity index (χ4n) is 1.60. The summed E-state index contributed by atoms with van der Waals surface area (Å²) in [6, 6.07) is 0. The first-order valence-electron chi connectivity index (χ1n) is 4.29. The van der Waals surface area contributed by atoms with Crippen molar-refractivity contribution in [1.29, 1.82) is 0 Å². The summed E-state index contributed by atoms with van der Waals surface area (Å²) in [7, 11) is 0. The fraction of sp³-hybridized carbons (Fsp3) is 0.455. The molecule has 2 unspecified atom stereocenters. The molecule has 1 aliphatic carbocycles. The van der Waals surface area contributed by atoms with E-state index >= 15 is 0 Å². The van der Waals surface area contributed by atoms with E-state index in [1.807, 2.05) is 0 Å². The lowest BCUT2D eigenvalue weighted by Crippen LogP contribution is -2.11. The lowest BCUT2D eigenvalue weighted by atomic mass is 9.83. The quantitative estimate of drug-likeness (QED) is 0.527. The molecule has 0 heterocycles. The minimum atomic E-state index is 0.663. The van der Waals surface area contributed by atoms with Crippen molar-refractivity contribution >= 4 is 0 Å². The summed E-state index contributed by atoms with van der Waals surface area (Å²) >= 11 is 0. The Bertz CT molecular complexity index is 174. The van der Waals surface area contributed by atoms with Gasteiger partial charge >= 0.3 is 0 Å². The van der Waals surface area contributed by atoms with Gasteiger partial charge in [-0.05, 0) is 31.6 Å². The van der Waals surface area contributed by atoms with Crippen molar-refractivity contribution in [2.45, 2.75) is 19.8 Å². The first-order valence-corrected chi connectivity index (χ1v) is 4.29. The second kappa shape index (κ2) is 4.17. The molecule has 0 fully saturated rings. The van der Waals surface area contributed by atoms with Crippen LogP contribution in [0.1, 0.15) is 19.8 Å². The van der Waals surface area contributed by atoms with Gasteiger partial charge in [0.25, 0.3) is 0 Å². The standard InChI is InChI=1S/C11H16/c1-3-7-11-9-6-5-8-10(11)4-2/h3-7,10-11H,2,8-9H2,1H3. The Balaban J connectivity index is 2.60. The Morgan fingerprint density at radius 3 is 2.45 bits per heavy atom. The molecule has 2 atom stereocenters. The van der Waals surface area contributed by atoms with Crippen molar-refractivity contribution in [3.05, 3.63) is 37.0 Å². The van der Waals surface area contributed by atoms with Crippen LogP contribution in [0.5, 0.6) is 0 Å². The zero-order valence-electron chi connectivity index (χ0n) is 7.16. The summed E-state index contributed by atoms with van der Waals surface area (Å²) in [5.41, 5.74) is 0. The highest BCUT2D eigenvalue weighted by molar-refractivity contribution is 5.06. The minimum Gasteiger partial charge on any atom is -0.103 e. The molecule has 60 valence electrons. The molecule has 0 bridgehead atoms. The molecule has 0 aromatic rings. The van der Waals surface area contributed by atoms with Crippen LogP contribution in [0.25, 0.3) is 0 Å². The monoisotopic (exact) mass is 148 g/mol. The van der Waals surface area contributed by atoms with Gasteiger partial charge < -0.3 is 0 Å². The van der Waals surface area contributed by atoms with Gasteiger partial charge in [-0.3, -0.25) is 0 Å². The average Bonchev–Trinajstić information content (AvgIpc) is 2.06. The molecular formula is C11H16. The van der Waals surface area contributed by atoms with Gasteiger partial charge in [-0.25, -0.2) is 0 Å². The minimum absolute atomic E-state index is 0.663. The van der Waals surface area contributed by atoms with Crippen molar-refractivity contribution in [2.24, 2.45) is 11.8 Å². The van der Waals surface area contributed by atoms with Gasteiger partial charge in [0.1, 0.15) is 0 Å². The number of hydrogen-bond donors (Lipinski definition) is 0. The highest BCUT2D eigenvalue weighted by Crippen LogP contribution is 2.27. The molecule has 0 aromatic heterocycles. The van der Waals surface area contributed by atoms with Gasteiger partial charge in [-0.15, -0.1) is 6.58 Å². The van der Waals surface area contributed by atoms with Crippen LogP contribution < -0.4 is 0 Å². The van der Waals surface area contributed by atoms with Gasteiger partial charge in [-0.2, -0.15) is 0 Å². The third-order valence-electron chi connectivity index (χ3n) is 2.28. The van der Waals surface area contributed by atoms with E-state index in [9.17, 15) is 0 Å². The van der Waals surface area contributed by atoms with Crippen LogP contribution in [0.4, 0.5) is 0 Å². The maximum Gasteiger partial charge on any atom is -0.0133 e. The zero-order chi connectivity index (χ0) is 8.10. The molecule has 0 nitrogen and oxygen atoms in total. The number of allylic oxidation sites excluding steroid dienone is 5. The molecule has 0 spiro atoms. The van der Waals surface area contributed by atoms with Crippen LogP contribution in [0.2, 0.25) is 0 Å². The predicted octanol–water partition coefficient (Wildman–Crippen LogP) is 3.33. The molecular weight excluding hydrogens is 132 g/mol. The molecule has 0 radical (unpaired) electrons. The number of rotatable bonds is 2. The zero-order valence-corrected chi connectivity index (χ0v) is 7.16. The Hall–Kier alpha value is -0.780. The van der Waals surface area contributed by atoms with Crippen molar-refractivity contribution in [3.63, 3.8) is 0 Å². The van der Waals surface area contributed by atoms with Crippen LogP contribution in [0.3, 0.4) is 0 Å². The van der Waals surface area contributed by atoms with E-state index in [0.29, 0.717) is 11.8 Å². The largest absolute Gasteiger partial charge is 0.103 e. The lowest BCUT2D eigenvalue weighted by Gasteiger charge is -2.22. The van der Waals surface area contributed by atoms with Crippen molar-refractivity contribution in [2.75, 3.05) is 0 Å². The maximum atomic E-state index is 3.85. The molecule has 0 saturated carbocycles. The van der Waals surface area contributed by atoms with E-state index in [2.05, 4.69) is 43.9 Å². The van der Waals surface area contributed by atoms with E-state index in [4.69, 9.17) is 0 Å². The molecule has 11 heavy (non-hydrogen) atoms. The van der Waals surface area contributed by atoms with Gasteiger partial charge in [-0.1, -0.05) is 30.4 Å². The fourth-order valence-corrected chi connectivity index (χ4v) is 1.60. The van der Waals surface area contributed by atoms with E-state index in [1.54, 1.807) is 0 Å². The van der Waals surface area contributed by atoms with E-state index in [1.165, 1.54) is 12.8 Å². The van der Waals surface area contributed by atoms with Crippen LogP contribution in [-0.2, 0) is 0 Å². The third-order valence-corrected chi connectivity index (χ3v) is 2.28. The second-order valence-electron chi connectivity index (χ2n) is 3.03. The summed E-state index contributed by atoms with van der Waals surface area (Å²) in [5.74, 6) is 1.36. The molecule has 1 aliphatic rings. The summed E-state index contributed by atoms with van der Waals surface area (Å²) in [6.45, 7) is 5.93. The predicted molar refractivity (Wildman–Crippen MR) is 50.4 cm³/mol. The van der Waals surface area contributed by atoms with Crippen LogP contribution >= 0.6 is 0 Å². The highest BCUT2D eigenvalue weighted by Gasteiger charge is 2.15. The molecule has 0 heteroatoms. The second-order valence-corrected chi connectivity index (χ2v) is 3.03. The van der Waals surface area contributed by atoms with E-state index in [0.717, 1.165) is 0 Å². The van der Waals surface area contributed by atoms with Gasteiger partial charge in [0.15, 0.2) is 0 Å². The molecule has 0 saturated heterocycles. The Morgan fingerprint density at radius 2 is 1.91 bits per heavy atom. The summed E-state index contributed by atoms with van der Waals surface area (Å²) in [5, 5.41) is 0.